The average Bonchev–Trinajstić information content (AvgIpc) is 2.32. The van der Waals surface area contributed by atoms with Gasteiger partial charge in [-0.05, 0) is 38.3 Å². The van der Waals surface area contributed by atoms with E-state index in [-0.39, 0.29) is 6.04 Å². The SMILES string of the molecule is CC[C@@H](N)c1scc(Br)c1Br. The summed E-state index contributed by atoms with van der Waals surface area (Å²) in [6, 6.07) is 0.167. The van der Waals surface area contributed by atoms with Crippen LogP contribution in [0.4, 0.5) is 0 Å². The summed E-state index contributed by atoms with van der Waals surface area (Å²) in [5, 5.41) is 2.05. The van der Waals surface area contributed by atoms with Crippen LogP contribution < -0.4 is 5.73 Å². The second-order valence-corrected chi connectivity index (χ2v) is 4.84. The molecule has 0 aromatic carbocycles. The van der Waals surface area contributed by atoms with E-state index in [0.717, 1.165) is 15.4 Å². The molecule has 1 aromatic heterocycles. The molecule has 0 radical (unpaired) electrons. The first-order valence-corrected chi connectivity index (χ1v) is 5.81. The molecule has 62 valence electrons. The lowest BCUT2D eigenvalue weighted by molar-refractivity contribution is 0.709. The van der Waals surface area contributed by atoms with E-state index in [4.69, 9.17) is 5.73 Å². The second-order valence-electron chi connectivity index (χ2n) is 2.28. The van der Waals surface area contributed by atoms with E-state index in [1.165, 1.54) is 4.88 Å². The fourth-order valence-corrected chi connectivity index (χ4v) is 3.14. The fourth-order valence-electron chi connectivity index (χ4n) is 0.772. The molecule has 0 amide bonds. The molecule has 1 rings (SSSR count). The van der Waals surface area contributed by atoms with Crippen LogP contribution in [0.2, 0.25) is 0 Å². The highest BCUT2D eigenvalue weighted by atomic mass is 79.9. The second kappa shape index (κ2) is 4.03. The molecule has 2 N–H and O–H groups in total. The van der Waals surface area contributed by atoms with Crippen LogP contribution in [0.1, 0.15) is 24.3 Å². The van der Waals surface area contributed by atoms with Crippen LogP contribution in [0.25, 0.3) is 0 Å². The predicted molar refractivity (Wildman–Crippen MR) is 56.9 cm³/mol. The van der Waals surface area contributed by atoms with Crippen LogP contribution in [-0.2, 0) is 0 Å². The molecule has 0 aliphatic heterocycles. The number of nitrogens with two attached hydrogens (primary N) is 1. The van der Waals surface area contributed by atoms with Gasteiger partial charge in [0, 0.05) is 25.2 Å². The Morgan fingerprint density at radius 2 is 2.27 bits per heavy atom. The van der Waals surface area contributed by atoms with Crippen molar-refractivity contribution in [2.75, 3.05) is 0 Å². The molecule has 1 atom stereocenters. The number of hydrogen-bond acceptors (Lipinski definition) is 2. The minimum Gasteiger partial charge on any atom is -0.323 e. The molecule has 0 unspecified atom stereocenters. The number of thiophene rings is 1. The summed E-state index contributed by atoms with van der Waals surface area (Å²) >= 11 is 8.59. The van der Waals surface area contributed by atoms with Gasteiger partial charge in [0.1, 0.15) is 0 Å². The average molecular weight is 299 g/mol. The standard InChI is InChI=1S/C7H9Br2NS/c1-2-5(10)7-6(9)4(8)3-11-7/h3,5H,2,10H2,1H3/t5-/m1/s1. The van der Waals surface area contributed by atoms with Crippen LogP contribution in [-0.4, -0.2) is 0 Å². The summed E-state index contributed by atoms with van der Waals surface area (Å²) in [4.78, 5) is 1.22. The zero-order chi connectivity index (χ0) is 8.43. The largest absolute Gasteiger partial charge is 0.323 e. The fraction of sp³-hybridized carbons (Fsp3) is 0.429. The molecule has 1 heterocycles. The van der Waals surface area contributed by atoms with E-state index in [1.807, 2.05) is 0 Å². The summed E-state index contributed by atoms with van der Waals surface area (Å²) in [5.41, 5.74) is 5.87. The van der Waals surface area contributed by atoms with Gasteiger partial charge in [0.05, 0.1) is 0 Å². The van der Waals surface area contributed by atoms with Gasteiger partial charge in [0.15, 0.2) is 0 Å². The molecule has 4 heteroatoms. The maximum atomic E-state index is 5.87. The highest BCUT2D eigenvalue weighted by molar-refractivity contribution is 9.13. The Morgan fingerprint density at radius 3 is 2.64 bits per heavy atom. The number of hydrogen-bond donors (Lipinski definition) is 1. The maximum absolute atomic E-state index is 5.87. The Balaban J connectivity index is 2.94. The monoisotopic (exact) mass is 297 g/mol. The van der Waals surface area contributed by atoms with Gasteiger partial charge in [0.25, 0.3) is 0 Å². The molecule has 1 nitrogen and oxygen atoms in total. The smallest absolute Gasteiger partial charge is 0.0472 e. The Labute approximate surface area is 87.2 Å². The predicted octanol–water partition coefficient (Wildman–Crippen LogP) is 3.68. The Morgan fingerprint density at radius 1 is 1.64 bits per heavy atom. The van der Waals surface area contributed by atoms with Gasteiger partial charge in [0.2, 0.25) is 0 Å². The summed E-state index contributed by atoms with van der Waals surface area (Å²) in [6.07, 6.45) is 0.978. The lowest BCUT2D eigenvalue weighted by Crippen LogP contribution is -2.06. The van der Waals surface area contributed by atoms with E-state index in [9.17, 15) is 0 Å². The van der Waals surface area contributed by atoms with Gasteiger partial charge in [-0.2, -0.15) is 0 Å². The van der Waals surface area contributed by atoms with Gasteiger partial charge < -0.3 is 5.73 Å². The van der Waals surface area contributed by atoms with Crippen molar-refractivity contribution in [2.45, 2.75) is 19.4 Å². The minimum atomic E-state index is 0.167. The molecule has 11 heavy (non-hydrogen) atoms. The Bertz CT molecular complexity index is 247. The highest BCUT2D eigenvalue weighted by Gasteiger charge is 2.12. The van der Waals surface area contributed by atoms with Crippen LogP contribution in [0.15, 0.2) is 14.3 Å². The van der Waals surface area contributed by atoms with Crippen molar-refractivity contribution in [1.82, 2.24) is 0 Å². The third-order valence-electron chi connectivity index (χ3n) is 1.49. The Hall–Kier alpha value is 0.620. The third kappa shape index (κ3) is 2.05. The van der Waals surface area contributed by atoms with Gasteiger partial charge in [-0.3, -0.25) is 0 Å². The topological polar surface area (TPSA) is 26.0 Å². The number of rotatable bonds is 2. The van der Waals surface area contributed by atoms with E-state index in [1.54, 1.807) is 11.3 Å². The maximum Gasteiger partial charge on any atom is 0.0472 e. The summed E-state index contributed by atoms with van der Waals surface area (Å²) in [5.74, 6) is 0. The normalized spacial score (nSPS) is 13.5. The molecular weight excluding hydrogens is 290 g/mol. The van der Waals surface area contributed by atoms with Crippen molar-refractivity contribution >= 4 is 43.2 Å². The van der Waals surface area contributed by atoms with Gasteiger partial charge in [-0.1, -0.05) is 6.92 Å². The van der Waals surface area contributed by atoms with Crippen LogP contribution >= 0.6 is 43.2 Å². The van der Waals surface area contributed by atoms with Crippen LogP contribution in [0.3, 0.4) is 0 Å². The van der Waals surface area contributed by atoms with Crippen molar-refractivity contribution in [1.29, 1.82) is 0 Å². The third-order valence-corrected chi connectivity index (χ3v) is 5.18. The van der Waals surface area contributed by atoms with E-state index >= 15 is 0 Å². The summed E-state index contributed by atoms with van der Waals surface area (Å²) < 4.78 is 2.21. The summed E-state index contributed by atoms with van der Waals surface area (Å²) in [6.45, 7) is 2.09. The molecule has 0 aliphatic rings. The van der Waals surface area contributed by atoms with Crippen LogP contribution in [0.5, 0.6) is 0 Å². The van der Waals surface area contributed by atoms with Crippen molar-refractivity contribution < 1.29 is 0 Å². The van der Waals surface area contributed by atoms with E-state index in [0.29, 0.717) is 0 Å². The van der Waals surface area contributed by atoms with Gasteiger partial charge in [-0.25, -0.2) is 0 Å². The molecule has 1 aromatic rings. The first-order valence-electron chi connectivity index (χ1n) is 3.34. The molecule has 0 saturated carbocycles. The van der Waals surface area contributed by atoms with Crippen LogP contribution in [0, 0.1) is 0 Å². The van der Waals surface area contributed by atoms with E-state index < -0.39 is 0 Å². The number of halogens is 2. The van der Waals surface area contributed by atoms with Crippen molar-refractivity contribution in [3.8, 4) is 0 Å². The minimum absolute atomic E-state index is 0.167. The van der Waals surface area contributed by atoms with Crippen molar-refractivity contribution in [3.63, 3.8) is 0 Å². The highest BCUT2D eigenvalue weighted by Crippen LogP contribution is 2.36. The molecule has 0 spiro atoms. The summed E-state index contributed by atoms with van der Waals surface area (Å²) in [7, 11) is 0. The first-order chi connectivity index (χ1) is 5.16. The van der Waals surface area contributed by atoms with Crippen molar-refractivity contribution in [3.05, 3.63) is 19.2 Å². The molecule has 0 fully saturated rings. The molecule has 0 saturated heterocycles. The quantitative estimate of drug-likeness (QED) is 0.885. The van der Waals surface area contributed by atoms with Gasteiger partial charge >= 0.3 is 0 Å². The first kappa shape index (κ1) is 9.71. The van der Waals surface area contributed by atoms with Crippen molar-refractivity contribution in [2.24, 2.45) is 5.73 Å². The zero-order valence-electron chi connectivity index (χ0n) is 6.10. The zero-order valence-corrected chi connectivity index (χ0v) is 10.1. The molecule has 0 bridgehead atoms. The molecule has 0 aliphatic carbocycles. The van der Waals surface area contributed by atoms with Gasteiger partial charge in [-0.15, -0.1) is 11.3 Å². The lowest BCUT2D eigenvalue weighted by atomic mass is 10.2. The lowest BCUT2D eigenvalue weighted by Gasteiger charge is -2.05. The Kier molecular flexibility index (Phi) is 3.55. The van der Waals surface area contributed by atoms with E-state index in [2.05, 4.69) is 44.2 Å². The molecular formula is C7H9Br2NS.